The second kappa shape index (κ2) is 11.0. The van der Waals surface area contributed by atoms with Gasteiger partial charge in [-0.25, -0.2) is 8.42 Å². The Morgan fingerprint density at radius 2 is 1.75 bits per heavy atom. The molecule has 6 rings (SSSR count). The number of ether oxygens (including phenoxy) is 1. The van der Waals surface area contributed by atoms with E-state index in [1.54, 1.807) is 73.4 Å². The molecular weight excluding hydrogens is 576 g/mol. The summed E-state index contributed by atoms with van der Waals surface area (Å²) < 4.78 is 35.5. The molecule has 1 amide bonds. The van der Waals surface area contributed by atoms with E-state index in [4.69, 9.17) is 16.2 Å². The Kier molecular flexibility index (Phi) is 7.18. The van der Waals surface area contributed by atoms with Crippen molar-refractivity contribution in [2.45, 2.75) is 29.7 Å². The maximum atomic E-state index is 14.2. The smallest absolute Gasteiger partial charge is 0.252 e. The Morgan fingerprint density at radius 1 is 0.977 bits per heavy atom. The summed E-state index contributed by atoms with van der Waals surface area (Å²) in [4.78, 5) is 17.1. The Labute approximate surface area is 254 Å². The number of pyridine rings is 1. The molecule has 0 fully saturated rings. The summed E-state index contributed by atoms with van der Waals surface area (Å²) in [5.41, 5.74) is 16.1. The minimum absolute atomic E-state index is 0.0524. The number of methoxy groups -OCH3 is 1. The molecule has 222 valence electrons. The van der Waals surface area contributed by atoms with E-state index in [0.29, 0.717) is 44.8 Å². The fourth-order valence-electron chi connectivity index (χ4n) is 5.31. The molecule has 0 aliphatic carbocycles. The summed E-state index contributed by atoms with van der Waals surface area (Å²) >= 11 is 0. The second-order valence-electron chi connectivity index (χ2n) is 10.6. The molecule has 6 aromatic rings. The molecule has 0 spiro atoms. The van der Waals surface area contributed by atoms with Crippen molar-refractivity contribution < 1.29 is 17.9 Å². The van der Waals surface area contributed by atoms with Crippen molar-refractivity contribution in [3.63, 3.8) is 0 Å². The maximum Gasteiger partial charge on any atom is 0.252 e. The molecule has 10 nitrogen and oxygen atoms in total. The first-order valence-electron chi connectivity index (χ1n) is 13.8. The highest BCUT2D eigenvalue weighted by Gasteiger charge is 2.24. The molecule has 44 heavy (non-hydrogen) atoms. The number of aromatic nitrogens is 3. The Hall–Kier alpha value is -5.42. The molecule has 0 aliphatic rings. The summed E-state index contributed by atoms with van der Waals surface area (Å²) in [6, 6.07) is 22.6. The molecule has 2 aromatic heterocycles. The van der Waals surface area contributed by atoms with Crippen LogP contribution in [0.5, 0.6) is 5.75 Å². The van der Waals surface area contributed by atoms with Gasteiger partial charge in [-0.2, -0.15) is 5.10 Å². The van der Waals surface area contributed by atoms with Gasteiger partial charge >= 0.3 is 0 Å². The van der Waals surface area contributed by atoms with Crippen molar-refractivity contribution in [3.05, 3.63) is 108 Å². The van der Waals surface area contributed by atoms with Crippen molar-refractivity contribution in [1.82, 2.24) is 14.8 Å². The van der Waals surface area contributed by atoms with Crippen LogP contribution in [-0.4, -0.2) is 36.2 Å². The number of fused-ring (bicyclic) bond motifs is 2. The molecule has 0 aliphatic heterocycles. The first-order chi connectivity index (χ1) is 21.1. The lowest BCUT2D eigenvalue weighted by Crippen LogP contribution is -2.14. The monoisotopic (exact) mass is 606 g/mol. The number of primary amides is 1. The summed E-state index contributed by atoms with van der Waals surface area (Å²) in [6.07, 6.45) is 3.11. The van der Waals surface area contributed by atoms with E-state index in [9.17, 15) is 13.2 Å². The van der Waals surface area contributed by atoms with Gasteiger partial charge in [-0.1, -0.05) is 18.2 Å². The number of hydrogen-bond donors (Lipinski definition) is 3. The van der Waals surface area contributed by atoms with Crippen LogP contribution in [0.4, 0.5) is 17.1 Å². The van der Waals surface area contributed by atoms with Crippen molar-refractivity contribution in [2.24, 2.45) is 5.73 Å². The van der Waals surface area contributed by atoms with Gasteiger partial charge in [0.05, 0.1) is 51.4 Å². The number of carbonyl (C=O) groups is 1. The zero-order valence-electron chi connectivity index (χ0n) is 24.3. The molecule has 4 aromatic carbocycles. The number of aryl methyl sites for hydroxylation is 1. The molecule has 5 N–H and O–H groups in total. The van der Waals surface area contributed by atoms with Gasteiger partial charge in [-0.05, 0) is 79.6 Å². The summed E-state index contributed by atoms with van der Waals surface area (Å²) in [7, 11) is -2.46. The lowest BCUT2D eigenvalue weighted by Gasteiger charge is -2.17. The molecule has 0 bridgehead atoms. The number of nitrogens with one attached hydrogen (secondary N) is 1. The minimum Gasteiger partial charge on any atom is -0.497 e. The normalized spacial score (nSPS) is 12.3. The number of sulfone groups is 1. The largest absolute Gasteiger partial charge is 0.497 e. The van der Waals surface area contributed by atoms with E-state index >= 15 is 0 Å². The number of nitrogens with zero attached hydrogens (tertiary/aromatic N) is 3. The van der Waals surface area contributed by atoms with E-state index in [1.165, 1.54) is 12.3 Å². The number of rotatable bonds is 8. The zero-order valence-corrected chi connectivity index (χ0v) is 25.1. The molecule has 1 atom stereocenters. The van der Waals surface area contributed by atoms with Crippen LogP contribution in [0.3, 0.4) is 0 Å². The number of nitrogens with two attached hydrogens (primary N) is 2. The number of amides is 1. The number of hydrogen-bond acceptors (Lipinski definition) is 8. The van der Waals surface area contributed by atoms with Gasteiger partial charge in [0.2, 0.25) is 9.84 Å². The molecule has 0 saturated carbocycles. The molecule has 11 heteroatoms. The standard InChI is InChI=1S/C33H30N6O4S/c1-19-13-27(15-28-31(19)36-18-29(33(35)40)32(28)38-24-5-4-6-25(14-24)43-3)44(41,42)26-12-9-22-17-37-39(30(22)16-26)20(2)21-7-10-23(34)11-8-21/h4-18,20H,34H2,1-3H3,(H2,35,40)(H,36,38)/t20-/m0/s1. The van der Waals surface area contributed by atoms with Gasteiger partial charge < -0.3 is 21.5 Å². The van der Waals surface area contributed by atoms with Gasteiger partial charge in [0.1, 0.15) is 5.75 Å². The highest BCUT2D eigenvalue weighted by Crippen LogP contribution is 2.35. The number of nitrogen functional groups attached to an aromatic ring is 1. The zero-order chi connectivity index (χ0) is 31.2. The van der Waals surface area contributed by atoms with Crippen molar-refractivity contribution in [1.29, 1.82) is 0 Å². The second-order valence-corrected chi connectivity index (χ2v) is 12.5. The Morgan fingerprint density at radius 3 is 2.48 bits per heavy atom. The predicted octanol–water partition coefficient (Wildman–Crippen LogP) is 5.77. The van der Waals surface area contributed by atoms with Crippen LogP contribution in [0.1, 0.15) is 34.5 Å². The van der Waals surface area contributed by atoms with E-state index in [1.807, 2.05) is 31.2 Å². The van der Waals surface area contributed by atoms with Crippen molar-refractivity contribution in [3.8, 4) is 5.75 Å². The van der Waals surface area contributed by atoms with Gasteiger partial charge in [-0.15, -0.1) is 0 Å². The van der Waals surface area contributed by atoms with E-state index in [0.717, 1.165) is 10.9 Å². The fraction of sp³-hybridized carbons (Fsp3) is 0.121. The number of anilines is 3. The van der Waals surface area contributed by atoms with E-state index in [2.05, 4.69) is 15.4 Å². The van der Waals surface area contributed by atoms with E-state index < -0.39 is 15.7 Å². The van der Waals surface area contributed by atoms with Crippen LogP contribution < -0.4 is 21.5 Å². The SMILES string of the molecule is COc1cccc(Nc2c(C(N)=O)cnc3c(C)cc(S(=O)(=O)c4ccc5cnn([C@@H](C)c6ccc(N)cc6)c5c4)cc23)c1. The highest BCUT2D eigenvalue weighted by molar-refractivity contribution is 7.91. The minimum atomic E-state index is -4.02. The maximum absolute atomic E-state index is 14.2. The van der Waals surface area contributed by atoms with Crippen molar-refractivity contribution >= 4 is 54.6 Å². The molecule has 0 saturated heterocycles. The first-order valence-corrected chi connectivity index (χ1v) is 15.3. The van der Waals surface area contributed by atoms with Crippen molar-refractivity contribution in [2.75, 3.05) is 18.2 Å². The average Bonchev–Trinajstić information content (AvgIpc) is 3.44. The average molecular weight is 607 g/mol. The van der Waals surface area contributed by atoms with Gasteiger partial charge in [0.15, 0.2) is 0 Å². The third kappa shape index (κ3) is 5.07. The van der Waals surface area contributed by atoms with Crippen LogP contribution in [0.2, 0.25) is 0 Å². The lowest BCUT2D eigenvalue weighted by molar-refractivity contribution is 0.100. The first kappa shape index (κ1) is 28.7. The third-order valence-electron chi connectivity index (χ3n) is 7.72. The summed E-state index contributed by atoms with van der Waals surface area (Å²) in [6.45, 7) is 3.77. The number of carbonyl (C=O) groups excluding carboxylic acids is 1. The Balaban J connectivity index is 1.48. The van der Waals surface area contributed by atoms with Crippen LogP contribution in [0.15, 0.2) is 101 Å². The summed E-state index contributed by atoms with van der Waals surface area (Å²) in [5.74, 6) is -0.0987. The molecular formula is C33H30N6O4S. The van der Waals surface area contributed by atoms with Crippen LogP contribution in [-0.2, 0) is 9.84 Å². The van der Waals surface area contributed by atoms with Gasteiger partial charge in [0.25, 0.3) is 5.91 Å². The quantitative estimate of drug-likeness (QED) is 0.185. The highest BCUT2D eigenvalue weighted by atomic mass is 32.2. The fourth-order valence-corrected chi connectivity index (χ4v) is 6.71. The van der Waals surface area contributed by atoms with Crippen LogP contribution >= 0.6 is 0 Å². The topological polar surface area (TPSA) is 155 Å². The third-order valence-corrected chi connectivity index (χ3v) is 9.45. The van der Waals surface area contributed by atoms with E-state index in [-0.39, 0.29) is 21.4 Å². The Bertz CT molecular complexity index is 2180. The van der Waals surface area contributed by atoms with Crippen LogP contribution in [0.25, 0.3) is 21.8 Å². The van der Waals surface area contributed by atoms with Crippen LogP contribution in [0, 0.1) is 6.92 Å². The molecule has 2 heterocycles. The number of benzene rings is 4. The molecule has 0 radical (unpaired) electrons. The lowest BCUT2D eigenvalue weighted by atomic mass is 10.1. The predicted molar refractivity (Wildman–Crippen MR) is 171 cm³/mol. The summed E-state index contributed by atoms with van der Waals surface area (Å²) in [5, 5.41) is 9.04. The van der Waals surface area contributed by atoms with Gasteiger partial charge in [-0.3, -0.25) is 14.5 Å². The molecule has 0 unspecified atom stereocenters. The van der Waals surface area contributed by atoms with Gasteiger partial charge in [0, 0.05) is 34.4 Å².